The van der Waals surface area contributed by atoms with Gasteiger partial charge in [0.05, 0.1) is 5.60 Å². The second-order valence-electron chi connectivity index (χ2n) is 6.46. The summed E-state index contributed by atoms with van der Waals surface area (Å²) < 4.78 is 0. The highest BCUT2D eigenvalue weighted by Gasteiger charge is 2.35. The molecule has 1 aromatic carbocycles. The van der Waals surface area contributed by atoms with E-state index in [1.54, 1.807) is 0 Å². The summed E-state index contributed by atoms with van der Waals surface area (Å²) in [5, 5.41) is 11.6. The number of H-pyrrole nitrogens is 1. The molecule has 1 atom stereocenters. The number of hydrogen-bond acceptors (Lipinski definition) is 2. The highest BCUT2D eigenvalue weighted by molar-refractivity contribution is 5.83. The predicted octanol–water partition coefficient (Wildman–Crippen LogP) is 2.95. The van der Waals surface area contributed by atoms with Gasteiger partial charge in [0.1, 0.15) is 0 Å². The summed E-state index contributed by atoms with van der Waals surface area (Å²) in [5.41, 5.74) is 1.99. The Hall–Kier alpha value is -1.32. The molecule has 1 aromatic heterocycles. The number of fused-ring (bicyclic) bond motifs is 1. The standard InChI is InChI=1S/C17H24N2O/c1-17(2,20)16-8-5-10-19(16)11-9-13-12-18-15-7-4-3-6-14(13)15/h3-4,6-7,12,16,18,20H,5,8-11H2,1-2H3/t16-/m0/s1. The number of nitrogens with zero attached hydrogens (tertiary/aromatic N) is 1. The first-order valence-electron chi connectivity index (χ1n) is 7.57. The Morgan fingerprint density at radius 3 is 2.95 bits per heavy atom. The number of hydrogen-bond donors (Lipinski definition) is 2. The third-order valence-electron chi connectivity index (χ3n) is 4.52. The molecule has 0 radical (unpaired) electrons. The Morgan fingerprint density at radius 2 is 2.15 bits per heavy atom. The van der Waals surface area contributed by atoms with Gasteiger partial charge >= 0.3 is 0 Å². The van der Waals surface area contributed by atoms with Crippen molar-refractivity contribution in [1.29, 1.82) is 0 Å². The molecule has 3 nitrogen and oxygen atoms in total. The highest BCUT2D eigenvalue weighted by atomic mass is 16.3. The molecule has 0 amide bonds. The van der Waals surface area contributed by atoms with Crippen molar-refractivity contribution in [3.63, 3.8) is 0 Å². The predicted molar refractivity (Wildman–Crippen MR) is 82.9 cm³/mol. The van der Waals surface area contributed by atoms with Crippen LogP contribution in [0.5, 0.6) is 0 Å². The van der Waals surface area contributed by atoms with E-state index in [1.807, 2.05) is 13.8 Å². The Kier molecular flexibility index (Phi) is 3.57. The fourth-order valence-electron chi connectivity index (χ4n) is 3.50. The Balaban J connectivity index is 1.70. The number of aliphatic hydroxyl groups is 1. The molecule has 3 rings (SSSR count). The lowest BCUT2D eigenvalue weighted by Gasteiger charge is -2.33. The van der Waals surface area contributed by atoms with E-state index in [4.69, 9.17) is 0 Å². The summed E-state index contributed by atoms with van der Waals surface area (Å²) in [6, 6.07) is 8.75. The van der Waals surface area contributed by atoms with Crippen molar-refractivity contribution in [3.05, 3.63) is 36.0 Å². The van der Waals surface area contributed by atoms with E-state index in [2.05, 4.69) is 40.3 Å². The van der Waals surface area contributed by atoms with E-state index in [0.29, 0.717) is 6.04 Å². The lowest BCUT2D eigenvalue weighted by molar-refractivity contribution is -0.00193. The van der Waals surface area contributed by atoms with Gasteiger partial charge in [0.25, 0.3) is 0 Å². The van der Waals surface area contributed by atoms with Crippen LogP contribution >= 0.6 is 0 Å². The first kappa shape index (κ1) is 13.7. The summed E-state index contributed by atoms with van der Waals surface area (Å²) in [6.07, 6.45) is 5.47. The minimum Gasteiger partial charge on any atom is -0.389 e. The molecule has 1 fully saturated rings. The van der Waals surface area contributed by atoms with Crippen molar-refractivity contribution in [1.82, 2.24) is 9.88 Å². The highest BCUT2D eigenvalue weighted by Crippen LogP contribution is 2.27. The van der Waals surface area contributed by atoms with Crippen LogP contribution in [0.15, 0.2) is 30.5 Å². The molecular formula is C17H24N2O. The minimum atomic E-state index is -0.600. The quantitative estimate of drug-likeness (QED) is 0.898. The molecule has 2 heterocycles. The van der Waals surface area contributed by atoms with E-state index < -0.39 is 5.60 Å². The van der Waals surface area contributed by atoms with Crippen LogP contribution in [0.25, 0.3) is 10.9 Å². The van der Waals surface area contributed by atoms with Crippen molar-refractivity contribution in [2.75, 3.05) is 13.1 Å². The van der Waals surface area contributed by atoms with Gasteiger partial charge in [0.15, 0.2) is 0 Å². The molecule has 20 heavy (non-hydrogen) atoms. The molecule has 0 spiro atoms. The minimum absolute atomic E-state index is 0.299. The van der Waals surface area contributed by atoms with Gasteiger partial charge in [-0.1, -0.05) is 18.2 Å². The Bertz CT molecular complexity index is 582. The van der Waals surface area contributed by atoms with E-state index in [9.17, 15) is 5.11 Å². The maximum absolute atomic E-state index is 10.3. The van der Waals surface area contributed by atoms with Gasteiger partial charge in [0.2, 0.25) is 0 Å². The second kappa shape index (κ2) is 5.23. The molecule has 3 heteroatoms. The van der Waals surface area contributed by atoms with Gasteiger partial charge in [-0.05, 0) is 51.3 Å². The zero-order valence-corrected chi connectivity index (χ0v) is 12.4. The fourth-order valence-corrected chi connectivity index (χ4v) is 3.50. The third kappa shape index (κ3) is 2.60. The average Bonchev–Trinajstić information content (AvgIpc) is 3.02. The van der Waals surface area contributed by atoms with Gasteiger partial charge in [-0.3, -0.25) is 4.90 Å². The van der Waals surface area contributed by atoms with Crippen molar-refractivity contribution >= 4 is 10.9 Å². The largest absolute Gasteiger partial charge is 0.389 e. The van der Waals surface area contributed by atoms with Crippen molar-refractivity contribution < 1.29 is 5.11 Å². The van der Waals surface area contributed by atoms with Gasteiger partial charge < -0.3 is 10.1 Å². The lowest BCUT2D eigenvalue weighted by Crippen LogP contribution is -2.46. The SMILES string of the molecule is CC(C)(O)[C@@H]1CCCN1CCc1c[nH]c2ccccc12. The maximum Gasteiger partial charge on any atom is 0.0746 e. The van der Waals surface area contributed by atoms with Crippen molar-refractivity contribution in [3.8, 4) is 0 Å². The zero-order valence-electron chi connectivity index (χ0n) is 12.4. The molecule has 108 valence electrons. The summed E-state index contributed by atoms with van der Waals surface area (Å²) >= 11 is 0. The Morgan fingerprint density at radius 1 is 1.35 bits per heavy atom. The van der Waals surface area contributed by atoms with E-state index in [1.165, 1.54) is 22.9 Å². The topological polar surface area (TPSA) is 39.3 Å². The van der Waals surface area contributed by atoms with Crippen LogP contribution in [-0.4, -0.2) is 39.7 Å². The first-order chi connectivity index (χ1) is 9.55. The van der Waals surface area contributed by atoms with Crippen LogP contribution in [0.4, 0.5) is 0 Å². The van der Waals surface area contributed by atoms with Crippen LogP contribution in [-0.2, 0) is 6.42 Å². The molecule has 0 bridgehead atoms. The summed E-state index contributed by atoms with van der Waals surface area (Å²) in [7, 11) is 0. The maximum atomic E-state index is 10.3. The average molecular weight is 272 g/mol. The number of likely N-dealkylation sites (tertiary alicyclic amines) is 1. The molecule has 0 unspecified atom stereocenters. The number of benzene rings is 1. The zero-order chi connectivity index (χ0) is 14.2. The van der Waals surface area contributed by atoms with Crippen LogP contribution in [0.3, 0.4) is 0 Å². The monoisotopic (exact) mass is 272 g/mol. The summed E-state index contributed by atoms with van der Waals surface area (Å²) in [6.45, 7) is 6.00. The molecule has 1 saturated heterocycles. The Labute approximate surface area is 120 Å². The smallest absolute Gasteiger partial charge is 0.0746 e. The van der Waals surface area contributed by atoms with Crippen LogP contribution in [0, 0.1) is 0 Å². The first-order valence-corrected chi connectivity index (χ1v) is 7.57. The van der Waals surface area contributed by atoms with Crippen molar-refractivity contribution in [2.45, 2.75) is 44.8 Å². The van der Waals surface area contributed by atoms with Crippen LogP contribution in [0.2, 0.25) is 0 Å². The molecule has 1 aliphatic heterocycles. The molecule has 1 aliphatic rings. The fraction of sp³-hybridized carbons (Fsp3) is 0.529. The number of nitrogens with one attached hydrogen (secondary N) is 1. The molecule has 0 saturated carbocycles. The van der Waals surface area contributed by atoms with E-state index in [-0.39, 0.29) is 0 Å². The van der Waals surface area contributed by atoms with E-state index in [0.717, 1.165) is 25.9 Å². The summed E-state index contributed by atoms with van der Waals surface area (Å²) in [4.78, 5) is 5.78. The van der Waals surface area contributed by atoms with E-state index >= 15 is 0 Å². The third-order valence-corrected chi connectivity index (χ3v) is 4.52. The summed E-state index contributed by atoms with van der Waals surface area (Å²) in [5.74, 6) is 0. The normalized spacial score (nSPS) is 20.9. The molecular weight excluding hydrogens is 248 g/mol. The second-order valence-corrected chi connectivity index (χ2v) is 6.46. The van der Waals surface area contributed by atoms with Crippen LogP contribution < -0.4 is 0 Å². The molecule has 0 aliphatic carbocycles. The molecule has 2 N–H and O–H groups in total. The number of para-hydroxylation sites is 1. The lowest BCUT2D eigenvalue weighted by atomic mass is 9.96. The van der Waals surface area contributed by atoms with Crippen molar-refractivity contribution in [2.24, 2.45) is 0 Å². The van der Waals surface area contributed by atoms with Gasteiger partial charge in [-0.15, -0.1) is 0 Å². The van der Waals surface area contributed by atoms with Gasteiger partial charge in [0, 0.05) is 29.7 Å². The molecule has 2 aromatic rings. The van der Waals surface area contributed by atoms with Gasteiger partial charge in [-0.25, -0.2) is 0 Å². The van der Waals surface area contributed by atoms with Crippen LogP contribution in [0.1, 0.15) is 32.3 Å². The number of aromatic nitrogens is 1. The number of rotatable bonds is 4. The van der Waals surface area contributed by atoms with Gasteiger partial charge in [-0.2, -0.15) is 0 Å². The number of aromatic amines is 1.